The Morgan fingerprint density at radius 1 is 1.25 bits per heavy atom. The number of piperazine rings is 1. The molecule has 2 aromatic rings. The maximum atomic E-state index is 4.56. The maximum Gasteiger partial charge on any atom is 0.245 e. The molecule has 0 saturated carbocycles. The van der Waals surface area contributed by atoms with Gasteiger partial charge in [0, 0.05) is 35.8 Å². The lowest BCUT2D eigenvalue weighted by atomic mass is 10.1. The predicted octanol–water partition coefficient (Wildman–Crippen LogP) is 1.82. The Balaban J connectivity index is 1.81. The molecular formula is C13H17BrN6. The van der Waals surface area contributed by atoms with Gasteiger partial charge >= 0.3 is 0 Å². The van der Waals surface area contributed by atoms with Gasteiger partial charge < -0.3 is 10.2 Å². The number of hydrogen-bond donors (Lipinski definition) is 2. The van der Waals surface area contributed by atoms with Crippen molar-refractivity contribution in [3.63, 3.8) is 0 Å². The van der Waals surface area contributed by atoms with Gasteiger partial charge in [0.1, 0.15) is 5.69 Å². The molecule has 1 fully saturated rings. The Labute approximate surface area is 126 Å². The standard InChI is InChI=1S/C13H17BrN6/c1-8-6-20(7-9(2)16-8)13-17-12(18-19-13)11-4-3-10(14)5-15-11/h3-5,8-9,16H,6-7H2,1-2H3,(H,17,18,19). The molecule has 2 N–H and O–H groups in total. The van der Waals surface area contributed by atoms with Crippen LogP contribution < -0.4 is 10.2 Å². The van der Waals surface area contributed by atoms with E-state index < -0.39 is 0 Å². The average Bonchev–Trinajstić information content (AvgIpc) is 2.88. The summed E-state index contributed by atoms with van der Waals surface area (Å²) < 4.78 is 0.950. The average molecular weight is 337 g/mol. The number of nitrogens with zero attached hydrogens (tertiary/aromatic N) is 4. The number of nitrogens with one attached hydrogen (secondary N) is 2. The van der Waals surface area contributed by atoms with Crippen molar-refractivity contribution in [2.75, 3.05) is 18.0 Å². The highest BCUT2D eigenvalue weighted by atomic mass is 79.9. The molecule has 0 amide bonds. The Morgan fingerprint density at radius 2 is 2.00 bits per heavy atom. The van der Waals surface area contributed by atoms with Gasteiger partial charge in [-0.2, -0.15) is 4.98 Å². The van der Waals surface area contributed by atoms with Gasteiger partial charge in [-0.25, -0.2) is 0 Å². The summed E-state index contributed by atoms with van der Waals surface area (Å²) in [5, 5.41) is 10.8. The van der Waals surface area contributed by atoms with E-state index in [1.54, 1.807) is 6.20 Å². The zero-order valence-electron chi connectivity index (χ0n) is 11.5. The van der Waals surface area contributed by atoms with E-state index in [-0.39, 0.29) is 0 Å². The molecule has 1 aliphatic rings. The first-order chi connectivity index (χ1) is 9.61. The topological polar surface area (TPSA) is 69.7 Å². The van der Waals surface area contributed by atoms with E-state index in [0.717, 1.165) is 29.2 Å². The molecule has 2 atom stereocenters. The molecule has 20 heavy (non-hydrogen) atoms. The highest BCUT2D eigenvalue weighted by Crippen LogP contribution is 2.19. The molecule has 0 bridgehead atoms. The van der Waals surface area contributed by atoms with Crippen LogP contribution in [-0.2, 0) is 0 Å². The molecule has 0 spiro atoms. The molecule has 2 aromatic heterocycles. The van der Waals surface area contributed by atoms with Crippen LogP contribution in [0, 0.1) is 0 Å². The van der Waals surface area contributed by atoms with Gasteiger partial charge in [0.05, 0.1) is 0 Å². The van der Waals surface area contributed by atoms with Crippen molar-refractivity contribution in [3.8, 4) is 11.5 Å². The summed E-state index contributed by atoms with van der Waals surface area (Å²) in [7, 11) is 0. The highest BCUT2D eigenvalue weighted by Gasteiger charge is 2.23. The van der Waals surface area contributed by atoms with E-state index in [2.05, 4.69) is 60.2 Å². The summed E-state index contributed by atoms with van der Waals surface area (Å²) in [4.78, 5) is 11.1. The molecule has 3 heterocycles. The Morgan fingerprint density at radius 3 is 2.65 bits per heavy atom. The smallest absolute Gasteiger partial charge is 0.245 e. The summed E-state index contributed by atoms with van der Waals surface area (Å²) in [5.74, 6) is 1.44. The lowest BCUT2D eigenvalue weighted by Gasteiger charge is -2.35. The zero-order valence-corrected chi connectivity index (χ0v) is 13.1. The van der Waals surface area contributed by atoms with Crippen molar-refractivity contribution < 1.29 is 0 Å². The van der Waals surface area contributed by atoms with Crippen LogP contribution in [0.2, 0.25) is 0 Å². The van der Waals surface area contributed by atoms with Crippen molar-refractivity contribution in [1.82, 2.24) is 25.5 Å². The van der Waals surface area contributed by atoms with Crippen LogP contribution in [0.5, 0.6) is 0 Å². The molecule has 0 aromatic carbocycles. The number of aromatic amines is 1. The van der Waals surface area contributed by atoms with E-state index in [4.69, 9.17) is 0 Å². The molecule has 7 heteroatoms. The highest BCUT2D eigenvalue weighted by molar-refractivity contribution is 9.10. The largest absolute Gasteiger partial charge is 0.336 e. The molecule has 0 radical (unpaired) electrons. The Kier molecular flexibility index (Phi) is 3.71. The fourth-order valence-electron chi connectivity index (χ4n) is 2.51. The van der Waals surface area contributed by atoms with Gasteiger partial charge in [-0.1, -0.05) is 0 Å². The number of rotatable bonds is 2. The Bertz CT molecular complexity index is 571. The molecule has 1 aliphatic heterocycles. The zero-order chi connectivity index (χ0) is 14.1. The van der Waals surface area contributed by atoms with Crippen LogP contribution in [0.15, 0.2) is 22.8 Å². The summed E-state index contributed by atoms with van der Waals surface area (Å²) >= 11 is 3.38. The number of anilines is 1. The predicted molar refractivity (Wildman–Crippen MR) is 81.6 cm³/mol. The summed E-state index contributed by atoms with van der Waals surface area (Å²) in [6.45, 7) is 6.17. The minimum Gasteiger partial charge on any atom is -0.336 e. The van der Waals surface area contributed by atoms with Crippen molar-refractivity contribution in [2.24, 2.45) is 0 Å². The third-order valence-electron chi connectivity index (χ3n) is 3.28. The van der Waals surface area contributed by atoms with E-state index in [1.807, 2.05) is 12.1 Å². The second kappa shape index (κ2) is 5.49. The lowest BCUT2D eigenvalue weighted by Crippen LogP contribution is -2.54. The van der Waals surface area contributed by atoms with E-state index in [1.165, 1.54) is 0 Å². The van der Waals surface area contributed by atoms with Crippen LogP contribution in [0.4, 0.5) is 5.95 Å². The first kappa shape index (κ1) is 13.5. The number of H-pyrrole nitrogens is 1. The van der Waals surface area contributed by atoms with Crippen molar-refractivity contribution >= 4 is 21.9 Å². The number of halogens is 1. The van der Waals surface area contributed by atoms with Crippen molar-refractivity contribution in [1.29, 1.82) is 0 Å². The first-order valence-corrected chi connectivity index (χ1v) is 7.46. The molecule has 2 unspecified atom stereocenters. The number of pyridine rings is 1. The van der Waals surface area contributed by atoms with Gasteiger partial charge in [0.15, 0.2) is 5.82 Å². The fourth-order valence-corrected chi connectivity index (χ4v) is 2.75. The van der Waals surface area contributed by atoms with Crippen LogP contribution >= 0.6 is 15.9 Å². The van der Waals surface area contributed by atoms with Crippen LogP contribution in [0.25, 0.3) is 11.5 Å². The second-order valence-corrected chi connectivity index (χ2v) is 6.14. The molecule has 6 nitrogen and oxygen atoms in total. The lowest BCUT2D eigenvalue weighted by molar-refractivity contribution is 0.403. The van der Waals surface area contributed by atoms with Crippen LogP contribution in [-0.4, -0.2) is 45.3 Å². The third kappa shape index (κ3) is 2.83. The van der Waals surface area contributed by atoms with Gasteiger partial charge in [-0.15, -0.1) is 5.10 Å². The number of aromatic nitrogens is 4. The molecule has 3 rings (SSSR count). The minimum atomic E-state index is 0.437. The van der Waals surface area contributed by atoms with Crippen LogP contribution in [0.1, 0.15) is 13.8 Å². The van der Waals surface area contributed by atoms with E-state index >= 15 is 0 Å². The maximum absolute atomic E-state index is 4.56. The fraction of sp³-hybridized carbons (Fsp3) is 0.462. The quantitative estimate of drug-likeness (QED) is 0.875. The Hall–Kier alpha value is -1.47. The summed E-state index contributed by atoms with van der Waals surface area (Å²) in [6.07, 6.45) is 1.76. The molecule has 0 aliphatic carbocycles. The third-order valence-corrected chi connectivity index (χ3v) is 3.75. The second-order valence-electron chi connectivity index (χ2n) is 5.22. The monoisotopic (exact) mass is 336 g/mol. The van der Waals surface area contributed by atoms with Crippen molar-refractivity contribution in [3.05, 3.63) is 22.8 Å². The van der Waals surface area contributed by atoms with E-state index in [9.17, 15) is 0 Å². The van der Waals surface area contributed by atoms with E-state index in [0.29, 0.717) is 17.9 Å². The molecule has 106 valence electrons. The van der Waals surface area contributed by atoms with Crippen molar-refractivity contribution in [2.45, 2.75) is 25.9 Å². The van der Waals surface area contributed by atoms with Gasteiger partial charge in [0.2, 0.25) is 5.95 Å². The SMILES string of the molecule is CC1CN(c2n[nH]c(-c3ccc(Br)cn3)n2)CC(C)N1. The van der Waals surface area contributed by atoms with Gasteiger partial charge in [0.25, 0.3) is 0 Å². The van der Waals surface area contributed by atoms with Crippen LogP contribution in [0.3, 0.4) is 0 Å². The summed E-state index contributed by atoms with van der Waals surface area (Å²) in [6, 6.07) is 4.73. The first-order valence-electron chi connectivity index (χ1n) is 6.67. The van der Waals surface area contributed by atoms with Gasteiger partial charge in [-0.05, 0) is 41.9 Å². The molecule has 1 saturated heterocycles. The van der Waals surface area contributed by atoms with Gasteiger partial charge in [-0.3, -0.25) is 10.1 Å². The normalized spacial score (nSPS) is 23.1. The summed E-state index contributed by atoms with van der Waals surface area (Å²) in [5.41, 5.74) is 0.795. The number of hydrogen-bond acceptors (Lipinski definition) is 5. The minimum absolute atomic E-state index is 0.437. The molecular weight excluding hydrogens is 320 g/mol.